The second-order valence-electron chi connectivity index (χ2n) is 6.05. The largest absolute Gasteiger partial charge is 0.461 e. The number of azo groups is 1. The first kappa shape index (κ1) is 16.7. The first-order valence-corrected chi connectivity index (χ1v) is 9.47. The molecule has 1 aliphatic rings. The van der Waals surface area contributed by atoms with Gasteiger partial charge in [0.25, 0.3) is 0 Å². The number of thiazole rings is 1. The average molecular weight is 369 g/mol. The lowest BCUT2D eigenvalue weighted by Gasteiger charge is -2.11. The molecule has 4 rings (SSSR count). The molecule has 7 nitrogen and oxygen atoms in total. The molecule has 0 saturated carbocycles. The SMILES string of the molecule is CCOC(=O)c1cc2cc(/N=N/c3cnc(N4CCCC4)s3)ccc2[nH]1. The average Bonchev–Trinajstić information content (AvgIpc) is 3.38. The number of rotatable bonds is 5. The third-order valence-electron chi connectivity index (χ3n) is 4.22. The van der Waals surface area contributed by atoms with Crippen LogP contribution in [0.1, 0.15) is 30.3 Å². The van der Waals surface area contributed by atoms with Gasteiger partial charge in [-0.2, -0.15) is 0 Å². The number of aromatic amines is 1. The standard InChI is InChI=1S/C18H19N5O2S/c1-2-25-17(24)15-10-12-9-13(5-6-14(12)20-15)21-22-16-11-19-18(26-16)23-7-3-4-8-23/h5-6,9-11,20H,2-4,7-8H2,1H3/b22-21+. The zero-order valence-corrected chi connectivity index (χ0v) is 15.3. The predicted molar refractivity (Wildman–Crippen MR) is 102 cm³/mol. The van der Waals surface area contributed by atoms with Crippen molar-refractivity contribution in [3.05, 3.63) is 36.2 Å². The number of aromatic nitrogens is 2. The summed E-state index contributed by atoms with van der Waals surface area (Å²) < 4.78 is 5.02. The molecule has 0 spiro atoms. The number of esters is 1. The van der Waals surface area contributed by atoms with E-state index in [1.54, 1.807) is 30.5 Å². The van der Waals surface area contributed by atoms with E-state index in [9.17, 15) is 4.79 Å². The van der Waals surface area contributed by atoms with Crippen LogP contribution in [0.4, 0.5) is 15.8 Å². The van der Waals surface area contributed by atoms with E-state index in [0.717, 1.165) is 39.8 Å². The summed E-state index contributed by atoms with van der Waals surface area (Å²) in [6.07, 6.45) is 4.21. The summed E-state index contributed by atoms with van der Waals surface area (Å²) in [5.74, 6) is -0.356. The summed E-state index contributed by atoms with van der Waals surface area (Å²) in [7, 11) is 0. The molecule has 1 fully saturated rings. The highest BCUT2D eigenvalue weighted by Crippen LogP contribution is 2.32. The van der Waals surface area contributed by atoms with Crippen LogP contribution in [0.25, 0.3) is 10.9 Å². The first-order valence-electron chi connectivity index (χ1n) is 8.65. The lowest BCUT2D eigenvalue weighted by Crippen LogP contribution is -2.16. The van der Waals surface area contributed by atoms with Crippen LogP contribution in [0.5, 0.6) is 0 Å². The van der Waals surface area contributed by atoms with Crippen LogP contribution in [0.15, 0.2) is 40.7 Å². The van der Waals surface area contributed by atoms with Crippen molar-refractivity contribution in [1.29, 1.82) is 0 Å². The normalized spacial score (nSPS) is 14.6. The zero-order chi connectivity index (χ0) is 17.9. The summed E-state index contributed by atoms with van der Waals surface area (Å²) in [6, 6.07) is 7.40. The number of nitrogens with one attached hydrogen (secondary N) is 1. The minimum Gasteiger partial charge on any atom is -0.461 e. The molecular formula is C18H19N5O2S. The van der Waals surface area contributed by atoms with Gasteiger partial charge in [-0.25, -0.2) is 9.78 Å². The topological polar surface area (TPSA) is 82.9 Å². The van der Waals surface area contributed by atoms with Gasteiger partial charge in [0.2, 0.25) is 0 Å². The Hall–Kier alpha value is -2.74. The summed E-state index contributed by atoms with van der Waals surface area (Å²) in [6.45, 7) is 4.27. The molecule has 0 bridgehead atoms. The van der Waals surface area contributed by atoms with E-state index in [1.807, 2.05) is 18.2 Å². The van der Waals surface area contributed by atoms with Gasteiger partial charge in [-0.15, -0.1) is 10.2 Å². The molecule has 8 heteroatoms. The molecule has 1 N–H and O–H groups in total. The van der Waals surface area contributed by atoms with E-state index in [1.165, 1.54) is 12.8 Å². The maximum atomic E-state index is 11.8. The maximum absolute atomic E-state index is 11.8. The Labute approximate surface area is 154 Å². The van der Waals surface area contributed by atoms with Gasteiger partial charge in [-0.3, -0.25) is 0 Å². The molecule has 3 heterocycles. The fourth-order valence-electron chi connectivity index (χ4n) is 2.97. The van der Waals surface area contributed by atoms with Crippen molar-refractivity contribution in [2.24, 2.45) is 10.2 Å². The highest BCUT2D eigenvalue weighted by molar-refractivity contribution is 7.19. The Kier molecular flexibility index (Phi) is 4.66. The van der Waals surface area contributed by atoms with Crippen molar-refractivity contribution in [1.82, 2.24) is 9.97 Å². The zero-order valence-electron chi connectivity index (χ0n) is 14.4. The number of carbonyl (C=O) groups excluding carboxylic acids is 1. The van der Waals surface area contributed by atoms with Crippen LogP contribution < -0.4 is 4.90 Å². The Balaban J connectivity index is 1.51. The summed E-state index contributed by atoms with van der Waals surface area (Å²) in [4.78, 5) is 21.6. The number of hydrogen-bond donors (Lipinski definition) is 1. The van der Waals surface area contributed by atoms with Crippen LogP contribution in [-0.2, 0) is 4.74 Å². The van der Waals surface area contributed by atoms with E-state index < -0.39 is 0 Å². The number of ether oxygens (including phenoxy) is 1. The van der Waals surface area contributed by atoms with Crippen molar-refractivity contribution in [2.45, 2.75) is 19.8 Å². The Morgan fingerprint density at radius 2 is 2.15 bits per heavy atom. The van der Waals surface area contributed by atoms with Crippen molar-refractivity contribution >= 4 is 44.0 Å². The van der Waals surface area contributed by atoms with E-state index >= 15 is 0 Å². The molecule has 0 aliphatic carbocycles. The summed E-state index contributed by atoms with van der Waals surface area (Å²) in [5.41, 5.74) is 2.03. The van der Waals surface area contributed by atoms with Crippen LogP contribution in [0.2, 0.25) is 0 Å². The van der Waals surface area contributed by atoms with Gasteiger partial charge < -0.3 is 14.6 Å². The minimum atomic E-state index is -0.356. The molecule has 0 radical (unpaired) electrons. The van der Waals surface area contributed by atoms with Gasteiger partial charge in [0.05, 0.1) is 18.5 Å². The van der Waals surface area contributed by atoms with E-state index in [-0.39, 0.29) is 5.97 Å². The van der Waals surface area contributed by atoms with Crippen molar-refractivity contribution in [3.63, 3.8) is 0 Å². The highest BCUT2D eigenvalue weighted by Gasteiger charge is 2.15. The van der Waals surface area contributed by atoms with Crippen molar-refractivity contribution in [2.75, 3.05) is 24.6 Å². The highest BCUT2D eigenvalue weighted by atomic mass is 32.1. The second kappa shape index (κ2) is 7.25. The number of H-pyrrole nitrogens is 1. The third kappa shape index (κ3) is 3.45. The molecular weight excluding hydrogens is 350 g/mol. The summed E-state index contributed by atoms with van der Waals surface area (Å²) >= 11 is 1.55. The fraction of sp³-hybridized carbons (Fsp3) is 0.333. The van der Waals surface area contributed by atoms with Gasteiger partial charge in [0, 0.05) is 24.0 Å². The molecule has 0 unspecified atom stereocenters. The Morgan fingerprint density at radius 3 is 2.96 bits per heavy atom. The van der Waals surface area contributed by atoms with E-state index in [2.05, 4.69) is 25.1 Å². The molecule has 3 aromatic rings. The van der Waals surface area contributed by atoms with Crippen LogP contribution >= 0.6 is 11.3 Å². The quantitative estimate of drug-likeness (QED) is 0.516. The molecule has 1 saturated heterocycles. The van der Waals surface area contributed by atoms with Gasteiger partial charge in [0.1, 0.15) is 5.69 Å². The number of hydrogen-bond acceptors (Lipinski definition) is 7. The number of benzene rings is 1. The molecule has 0 atom stereocenters. The Bertz CT molecular complexity index is 956. The lowest BCUT2D eigenvalue weighted by atomic mass is 10.2. The van der Waals surface area contributed by atoms with Gasteiger partial charge in [-0.05, 0) is 44.0 Å². The Morgan fingerprint density at radius 1 is 1.31 bits per heavy atom. The van der Waals surface area contributed by atoms with Gasteiger partial charge >= 0.3 is 5.97 Å². The number of anilines is 1. The van der Waals surface area contributed by atoms with Gasteiger partial charge in [0.15, 0.2) is 10.1 Å². The molecule has 26 heavy (non-hydrogen) atoms. The van der Waals surface area contributed by atoms with Crippen molar-refractivity contribution in [3.8, 4) is 0 Å². The smallest absolute Gasteiger partial charge is 0.354 e. The fourth-order valence-corrected chi connectivity index (χ4v) is 3.76. The van der Waals surface area contributed by atoms with Crippen LogP contribution in [0.3, 0.4) is 0 Å². The molecule has 134 valence electrons. The van der Waals surface area contributed by atoms with Gasteiger partial charge in [-0.1, -0.05) is 11.3 Å². The number of carbonyl (C=O) groups is 1. The third-order valence-corrected chi connectivity index (χ3v) is 5.16. The second-order valence-corrected chi connectivity index (χ2v) is 7.04. The van der Waals surface area contributed by atoms with E-state index in [0.29, 0.717) is 12.3 Å². The summed E-state index contributed by atoms with van der Waals surface area (Å²) in [5, 5.41) is 11.3. The lowest BCUT2D eigenvalue weighted by molar-refractivity contribution is 0.0520. The first-order chi connectivity index (χ1) is 12.7. The number of fused-ring (bicyclic) bond motifs is 1. The van der Waals surface area contributed by atoms with E-state index in [4.69, 9.17) is 4.74 Å². The van der Waals surface area contributed by atoms with Crippen molar-refractivity contribution < 1.29 is 9.53 Å². The molecule has 2 aromatic heterocycles. The molecule has 1 aromatic carbocycles. The molecule has 1 aliphatic heterocycles. The van der Waals surface area contributed by atoms with Crippen LogP contribution in [0, 0.1) is 0 Å². The predicted octanol–water partition coefficient (Wildman–Crippen LogP) is 4.82. The maximum Gasteiger partial charge on any atom is 0.354 e. The molecule has 0 amide bonds. The monoisotopic (exact) mass is 369 g/mol. The minimum absolute atomic E-state index is 0.349. The number of nitrogens with zero attached hydrogens (tertiary/aromatic N) is 4. The van der Waals surface area contributed by atoms with Crippen LogP contribution in [-0.4, -0.2) is 35.6 Å².